The van der Waals surface area contributed by atoms with E-state index >= 15 is 0 Å². The van der Waals surface area contributed by atoms with Crippen LogP contribution >= 0.6 is 22.9 Å². The number of hydrogen-bond acceptors (Lipinski definition) is 3. The molecule has 2 aromatic carbocycles. The molecule has 0 aliphatic heterocycles. The molecule has 0 saturated carbocycles. The van der Waals surface area contributed by atoms with E-state index in [-0.39, 0.29) is 5.91 Å². The second-order valence-corrected chi connectivity index (χ2v) is 6.59. The zero-order chi connectivity index (χ0) is 16.4. The van der Waals surface area contributed by atoms with Crippen LogP contribution < -0.4 is 5.32 Å². The number of benzene rings is 2. The lowest BCUT2D eigenvalue weighted by atomic mass is 10.1. The van der Waals surface area contributed by atoms with Gasteiger partial charge in [-0.25, -0.2) is 4.98 Å². The molecule has 0 spiro atoms. The van der Waals surface area contributed by atoms with Crippen molar-refractivity contribution in [2.24, 2.45) is 0 Å². The van der Waals surface area contributed by atoms with Crippen molar-refractivity contribution in [3.63, 3.8) is 0 Å². The van der Waals surface area contributed by atoms with Gasteiger partial charge in [-0.15, -0.1) is 11.3 Å². The fourth-order valence-electron chi connectivity index (χ4n) is 2.14. The van der Waals surface area contributed by atoms with Crippen molar-refractivity contribution in [3.8, 4) is 11.3 Å². The van der Waals surface area contributed by atoms with Crippen molar-refractivity contribution >= 4 is 34.0 Å². The highest BCUT2D eigenvalue weighted by Crippen LogP contribution is 2.26. The highest BCUT2D eigenvalue weighted by atomic mass is 35.5. The SMILES string of the molecule is Cc1ccc(C(=O)Nc2nc(-c3ccc(Cl)cc3)cs2)cc1C. The van der Waals surface area contributed by atoms with E-state index in [0.29, 0.717) is 15.7 Å². The molecule has 1 N–H and O–H groups in total. The molecule has 0 radical (unpaired) electrons. The molecule has 0 unspecified atom stereocenters. The average Bonchev–Trinajstić information content (AvgIpc) is 2.99. The number of carbonyl (C=O) groups is 1. The van der Waals surface area contributed by atoms with Gasteiger partial charge in [-0.2, -0.15) is 0 Å². The Morgan fingerprint density at radius 2 is 1.83 bits per heavy atom. The molecular formula is C18H15ClN2OS. The third-order valence-corrected chi connectivity index (χ3v) is 4.64. The van der Waals surface area contributed by atoms with Crippen LogP contribution in [0.3, 0.4) is 0 Å². The molecule has 5 heteroatoms. The Morgan fingerprint density at radius 1 is 1.09 bits per heavy atom. The minimum Gasteiger partial charge on any atom is -0.298 e. The standard InChI is InChI=1S/C18H15ClN2OS/c1-11-3-4-14(9-12(11)2)17(22)21-18-20-16(10-23-18)13-5-7-15(19)8-6-13/h3-10H,1-2H3,(H,20,21,22). The molecule has 0 atom stereocenters. The van der Waals surface area contributed by atoms with E-state index in [0.717, 1.165) is 16.8 Å². The molecule has 1 aromatic heterocycles. The first-order valence-corrected chi connectivity index (χ1v) is 8.39. The summed E-state index contributed by atoms with van der Waals surface area (Å²) in [6.07, 6.45) is 0. The van der Waals surface area contributed by atoms with Crippen LogP contribution in [0.15, 0.2) is 47.8 Å². The highest BCUT2D eigenvalue weighted by molar-refractivity contribution is 7.14. The van der Waals surface area contributed by atoms with E-state index < -0.39 is 0 Å². The smallest absolute Gasteiger partial charge is 0.257 e. The molecule has 116 valence electrons. The van der Waals surface area contributed by atoms with Gasteiger partial charge in [-0.05, 0) is 49.2 Å². The van der Waals surface area contributed by atoms with Gasteiger partial charge in [0.1, 0.15) is 0 Å². The second-order valence-electron chi connectivity index (χ2n) is 5.30. The van der Waals surface area contributed by atoms with E-state index in [1.54, 1.807) is 0 Å². The molecule has 0 aliphatic rings. The number of anilines is 1. The fourth-order valence-corrected chi connectivity index (χ4v) is 2.98. The molecule has 0 bridgehead atoms. The number of thiazole rings is 1. The Balaban J connectivity index is 1.77. The largest absolute Gasteiger partial charge is 0.298 e. The van der Waals surface area contributed by atoms with Crippen molar-refractivity contribution in [2.75, 3.05) is 5.32 Å². The number of halogens is 1. The first kappa shape index (κ1) is 15.7. The Labute approximate surface area is 144 Å². The van der Waals surface area contributed by atoms with Gasteiger partial charge in [0.25, 0.3) is 5.91 Å². The van der Waals surface area contributed by atoms with Gasteiger partial charge in [-0.1, -0.05) is 29.8 Å². The summed E-state index contributed by atoms with van der Waals surface area (Å²) in [6.45, 7) is 4.02. The molecular weight excluding hydrogens is 328 g/mol. The van der Waals surface area contributed by atoms with Gasteiger partial charge in [-0.3, -0.25) is 10.1 Å². The molecule has 3 rings (SSSR count). The first-order valence-electron chi connectivity index (χ1n) is 7.13. The minimum atomic E-state index is -0.148. The Kier molecular flexibility index (Phi) is 4.46. The Morgan fingerprint density at radius 3 is 2.52 bits per heavy atom. The molecule has 1 amide bonds. The van der Waals surface area contributed by atoms with Crippen LogP contribution in [0.4, 0.5) is 5.13 Å². The molecule has 0 aliphatic carbocycles. The van der Waals surface area contributed by atoms with Crippen LogP contribution in [0, 0.1) is 13.8 Å². The van der Waals surface area contributed by atoms with Crippen molar-refractivity contribution in [2.45, 2.75) is 13.8 Å². The molecule has 23 heavy (non-hydrogen) atoms. The quantitative estimate of drug-likeness (QED) is 0.698. The van der Waals surface area contributed by atoms with Crippen molar-refractivity contribution < 1.29 is 4.79 Å². The minimum absolute atomic E-state index is 0.148. The maximum atomic E-state index is 12.3. The lowest BCUT2D eigenvalue weighted by molar-refractivity contribution is 0.102. The van der Waals surface area contributed by atoms with Crippen LogP contribution in [0.25, 0.3) is 11.3 Å². The van der Waals surface area contributed by atoms with Crippen LogP contribution in [0.1, 0.15) is 21.5 Å². The zero-order valence-electron chi connectivity index (χ0n) is 12.8. The predicted molar refractivity (Wildman–Crippen MR) is 96.4 cm³/mol. The zero-order valence-corrected chi connectivity index (χ0v) is 14.3. The summed E-state index contributed by atoms with van der Waals surface area (Å²) in [4.78, 5) is 16.8. The number of aryl methyl sites for hydroxylation is 2. The van der Waals surface area contributed by atoms with Gasteiger partial charge in [0, 0.05) is 21.5 Å². The summed E-state index contributed by atoms with van der Waals surface area (Å²) < 4.78 is 0. The monoisotopic (exact) mass is 342 g/mol. The molecule has 0 saturated heterocycles. The van der Waals surface area contributed by atoms with E-state index in [2.05, 4.69) is 10.3 Å². The maximum absolute atomic E-state index is 12.3. The van der Waals surface area contributed by atoms with Crippen molar-refractivity contribution in [1.29, 1.82) is 0 Å². The first-order chi connectivity index (χ1) is 11.0. The normalized spacial score (nSPS) is 10.6. The molecule has 0 fully saturated rings. The Hall–Kier alpha value is -2.17. The number of rotatable bonds is 3. The number of aromatic nitrogens is 1. The number of carbonyl (C=O) groups excluding carboxylic acids is 1. The van der Waals surface area contributed by atoms with Crippen LogP contribution in [0.2, 0.25) is 5.02 Å². The van der Waals surface area contributed by atoms with E-state index in [1.165, 1.54) is 16.9 Å². The van der Waals surface area contributed by atoms with E-state index in [9.17, 15) is 4.79 Å². The van der Waals surface area contributed by atoms with Crippen LogP contribution in [0.5, 0.6) is 0 Å². The molecule has 3 aromatic rings. The van der Waals surface area contributed by atoms with Crippen molar-refractivity contribution in [1.82, 2.24) is 4.98 Å². The number of nitrogens with zero attached hydrogens (tertiary/aromatic N) is 1. The summed E-state index contributed by atoms with van der Waals surface area (Å²) in [5, 5.41) is 6.03. The third-order valence-electron chi connectivity index (χ3n) is 3.63. The number of nitrogens with one attached hydrogen (secondary N) is 1. The highest BCUT2D eigenvalue weighted by Gasteiger charge is 2.10. The summed E-state index contributed by atoms with van der Waals surface area (Å²) in [7, 11) is 0. The van der Waals surface area contributed by atoms with Gasteiger partial charge in [0.15, 0.2) is 5.13 Å². The second kappa shape index (κ2) is 6.52. The van der Waals surface area contributed by atoms with Crippen molar-refractivity contribution in [3.05, 3.63) is 69.6 Å². The summed E-state index contributed by atoms with van der Waals surface area (Å²) in [5.74, 6) is -0.148. The third kappa shape index (κ3) is 3.60. The van der Waals surface area contributed by atoms with Crippen LogP contribution in [-0.2, 0) is 0 Å². The van der Waals surface area contributed by atoms with Gasteiger partial charge < -0.3 is 0 Å². The number of hydrogen-bond donors (Lipinski definition) is 1. The van der Waals surface area contributed by atoms with Gasteiger partial charge in [0.05, 0.1) is 5.69 Å². The lowest BCUT2D eigenvalue weighted by Crippen LogP contribution is -2.12. The van der Waals surface area contributed by atoms with Gasteiger partial charge in [0.2, 0.25) is 0 Å². The van der Waals surface area contributed by atoms with E-state index in [1.807, 2.05) is 61.7 Å². The van der Waals surface area contributed by atoms with Gasteiger partial charge >= 0.3 is 0 Å². The fraction of sp³-hybridized carbons (Fsp3) is 0.111. The Bertz CT molecular complexity index is 856. The topological polar surface area (TPSA) is 42.0 Å². The predicted octanol–water partition coefficient (Wildman–Crippen LogP) is 5.33. The van der Waals surface area contributed by atoms with Crippen LogP contribution in [-0.4, -0.2) is 10.9 Å². The summed E-state index contributed by atoms with van der Waals surface area (Å²) in [6, 6.07) is 13.1. The molecule has 3 nitrogen and oxygen atoms in total. The summed E-state index contributed by atoms with van der Waals surface area (Å²) >= 11 is 7.29. The maximum Gasteiger partial charge on any atom is 0.257 e. The van der Waals surface area contributed by atoms with E-state index in [4.69, 9.17) is 11.6 Å². The number of amides is 1. The molecule has 1 heterocycles. The lowest BCUT2D eigenvalue weighted by Gasteiger charge is -2.05. The summed E-state index contributed by atoms with van der Waals surface area (Å²) in [5.41, 5.74) is 4.69. The average molecular weight is 343 g/mol.